The number of amides is 1. The predicted molar refractivity (Wildman–Crippen MR) is 62.2 cm³/mol. The second-order valence-electron chi connectivity index (χ2n) is 4.97. The molecule has 0 spiro atoms. The third-order valence-corrected chi connectivity index (χ3v) is 3.84. The van der Waals surface area contributed by atoms with Crippen molar-refractivity contribution < 1.29 is 9.53 Å². The van der Waals surface area contributed by atoms with E-state index in [0.717, 1.165) is 38.8 Å². The van der Waals surface area contributed by atoms with Gasteiger partial charge in [0.1, 0.15) is 0 Å². The summed E-state index contributed by atoms with van der Waals surface area (Å²) in [6.07, 6.45) is 4.93. The molecule has 0 aromatic carbocycles. The monoisotopic (exact) mass is 226 g/mol. The Morgan fingerprint density at radius 3 is 2.38 bits per heavy atom. The summed E-state index contributed by atoms with van der Waals surface area (Å²) in [4.78, 5) is 13.1. The maximum absolute atomic E-state index is 11.2. The van der Waals surface area contributed by atoms with Crippen molar-refractivity contribution in [3.05, 3.63) is 0 Å². The number of carbonyl (C=O) groups is 1. The molecule has 0 bridgehead atoms. The Kier molecular flexibility index (Phi) is 3.82. The summed E-state index contributed by atoms with van der Waals surface area (Å²) in [6.45, 7) is 3.48. The van der Waals surface area contributed by atoms with Gasteiger partial charge in [0.15, 0.2) is 0 Å². The van der Waals surface area contributed by atoms with Crippen LogP contribution in [0.3, 0.4) is 0 Å². The van der Waals surface area contributed by atoms with Gasteiger partial charge in [0.2, 0.25) is 5.91 Å². The van der Waals surface area contributed by atoms with Crippen molar-refractivity contribution in [1.29, 1.82) is 0 Å². The van der Waals surface area contributed by atoms with Gasteiger partial charge < -0.3 is 15.0 Å². The molecule has 0 unspecified atom stereocenters. The van der Waals surface area contributed by atoms with Crippen LogP contribution in [0.15, 0.2) is 0 Å². The van der Waals surface area contributed by atoms with Crippen LogP contribution in [0.5, 0.6) is 0 Å². The fourth-order valence-corrected chi connectivity index (χ4v) is 2.59. The first-order valence-electron chi connectivity index (χ1n) is 6.23. The highest BCUT2D eigenvalue weighted by Gasteiger charge is 2.31. The largest absolute Gasteiger partial charge is 0.381 e. The van der Waals surface area contributed by atoms with Crippen molar-refractivity contribution in [2.75, 3.05) is 20.2 Å². The average molecular weight is 226 g/mol. The van der Waals surface area contributed by atoms with Crippen molar-refractivity contribution in [1.82, 2.24) is 10.2 Å². The zero-order valence-corrected chi connectivity index (χ0v) is 10.2. The molecule has 2 fully saturated rings. The Hall–Kier alpha value is -0.610. The van der Waals surface area contributed by atoms with Crippen LogP contribution in [-0.4, -0.2) is 49.2 Å². The van der Waals surface area contributed by atoms with Crippen LogP contribution in [0.25, 0.3) is 0 Å². The minimum atomic E-state index is 0.210. The summed E-state index contributed by atoms with van der Waals surface area (Å²) in [5, 5.41) is 3.66. The van der Waals surface area contributed by atoms with Crippen molar-refractivity contribution in [2.45, 2.75) is 50.8 Å². The number of ether oxygens (including phenoxy) is 1. The van der Waals surface area contributed by atoms with Crippen molar-refractivity contribution in [3.8, 4) is 0 Å². The van der Waals surface area contributed by atoms with Gasteiger partial charge in [-0.15, -0.1) is 0 Å². The normalized spacial score (nSPS) is 31.2. The first-order valence-corrected chi connectivity index (χ1v) is 6.23. The van der Waals surface area contributed by atoms with E-state index in [1.165, 1.54) is 0 Å². The molecule has 0 aromatic rings. The molecule has 0 atom stereocenters. The summed E-state index contributed by atoms with van der Waals surface area (Å²) in [6, 6.07) is 1.23. The van der Waals surface area contributed by atoms with Gasteiger partial charge >= 0.3 is 0 Å². The summed E-state index contributed by atoms with van der Waals surface area (Å²) < 4.78 is 5.26. The number of likely N-dealkylation sites (tertiary alicyclic amines) is 1. The van der Waals surface area contributed by atoms with Gasteiger partial charge in [0, 0.05) is 39.2 Å². The smallest absolute Gasteiger partial charge is 0.219 e. The topological polar surface area (TPSA) is 41.6 Å². The Morgan fingerprint density at radius 1 is 1.25 bits per heavy atom. The Morgan fingerprint density at radius 2 is 1.88 bits per heavy atom. The van der Waals surface area contributed by atoms with E-state index in [9.17, 15) is 4.79 Å². The van der Waals surface area contributed by atoms with Gasteiger partial charge in [-0.3, -0.25) is 4.79 Å². The minimum Gasteiger partial charge on any atom is -0.381 e. The quantitative estimate of drug-likeness (QED) is 0.772. The van der Waals surface area contributed by atoms with E-state index in [-0.39, 0.29) is 5.91 Å². The number of methoxy groups -OCH3 is 1. The summed E-state index contributed by atoms with van der Waals surface area (Å²) in [5.74, 6) is 0.210. The van der Waals surface area contributed by atoms with E-state index in [4.69, 9.17) is 4.74 Å². The Labute approximate surface area is 97.3 Å². The lowest BCUT2D eigenvalue weighted by molar-refractivity contribution is -0.129. The zero-order valence-electron chi connectivity index (χ0n) is 10.2. The predicted octanol–water partition coefficient (Wildman–Crippen LogP) is 0.764. The van der Waals surface area contributed by atoms with E-state index in [2.05, 4.69) is 5.32 Å². The van der Waals surface area contributed by atoms with Gasteiger partial charge in [-0.2, -0.15) is 0 Å². The molecule has 1 aliphatic carbocycles. The SMILES string of the molecule is COC1CC(NC2CCN(C(C)=O)CC2)C1. The van der Waals surface area contributed by atoms with Gasteiger partial charge in [-0.1, -0.05) is 0 Å². The molecule has 16 heavy (non-hydrogen) atoms. The Balaban J connectivity index is 1.64. The van der Waals surface area contributed by atoms with E-state index in [1.54, 1.807) is 14.0 Å². The maximum atomic E-state index is 11.2. The molecular weight excluding hydrogens is 204 g/mol. The fourth-order valence-electron chi connectivity index (χ4n) is 2.59. The van der Waals surface area contributed by atoms with Crippen molar-refractivity contribution in [2.24, 2.45) is 0 Å². The molecule has 1 saturated heterocycles. The lowest BCUT2D eigenvalue weighted by Gasteiger charge is -2.40. The van der Waals surface area contributed by atoms with Crippen LogP contribution in [-0.2, 0) is 9.53 Å². The number of nitrogens with zero attached hydrogens (tertiary/aromatic N) is 1. The van der Waals surface area contributed by atoms with Crippen LogP contribution in [0.4, 0.5) is 0 Å². The standard InChI is InChI=1S/C12H22N2O2/c1-9(15)14-5-3-10(4-6-14)13-11-7-12(8-11)16-2/h10-13H,3-8H2,1-2H3. The van der Waals surface area contributed by atoms with Crippen LogP contribution >= 0.6 is 0 Å². The molecule has 1 aliphatic heterocycles. The van der Waals surface area contributed by atoms with E-state index < -0.39 is 0 Å². The van der Waals surface area contributed by atoms with Crippen LogP contribution in [0.1, 0.15) is 32.6 Å². The Bertz CT molecular complexity index is 243. The molecule has 0 radical (unpaired) electrons. The van der Waals surface area contributed by atoms with Crippen LogP contribution in [0, 0.1) is 0 Å². The molecule has 2 aliphatic rings. The molecule has 0 aromatic heterocycles. The molecule has 1 heterocycles. The van der Waals surface area contributed by atoms with Gasteiger partial charge in [-0.25, -0.2) is 0 Å². The van der Waals surface area contributed by atoms with Gasteiger partial charge in [-0.05, 0) is 25.7 Å². The van der Waals surface area contributed by atoms with E-state index in [0.29, 0.717) is 18.2 Å². The first-order chi connectivity index (χ1) is 7.69. The third-order valence-electron chi connectivity index (χ3n) is 3.84. The zero-order chi connectivity index (χ0) is 11.5. The fraction of sp³-hybridized carbons (Fsp3) is 0.917. The number of piperidine rings is 1. The van der Waals surface area contributed by atoms with Crippen molar-refractivity contribution in [3.63, 3.8) is 0 Å². The molecule has 1 amide bonds. The number of hydrogen-bond acceptors (Lipinski definition) is 3. The highest BCUT2D eigenvalue weighted by molar-refractivity contribution is 5.73. The lowest BCUT2D eigenvalue weighted by Crippen LogP contribution is -2.52. The van der Waals surface area contributed by atoms with Gasteiger partial charge in [0.25, 0.3) is 0 Å². The molecule has 4 nitrogen and oxygen atoms in total. The first kappa shape index (κ1) is 11.9. The lowest BCUT2D eigenvalue weighted by atomic mass is 9.88. The highest BCUT2D eigenvalue weighted by atomic mass is 16.5. The number of nitrogens with one attached hydrogen (secondary N) is 1. The van der Waals surface area contributed by atoms with Crippen LogP contribution < -0.4 is 5.32 Å². The maximum Gasteiger partial charge on any atom is 0.219 e. The minimum absolute atomic E-state index is 0.210. The molecule has 1 saturated carbocycles. The second kappa shape index (κ2) is 5.15. The average Bonchev–Trinajstić information content (AvgIpc) is 2.23. The van der Waals surface area contributed by atoms with E-state index in [1.807, 2.05) is 4.90 Å². The van der Waals surface area contributed by atoms with Crippen molar-refractivity contribution >= 4 is 5.91 Å². The summed E-state index contributed by atoms with van der Waals surface area (Å²) >= 11 is 0. The summed E-state index contributed by atoms with van der Waals surface area (Å²) in [7, 11) is 1.78. The summed E-state index contributed by atoms with van der Waals surface area (Å²) in [5.41, 5.74) is 0. The molecule has 92 valence electrons. The number of rotatable bonds is 3. The third kappa shape index (κ3) is 2.74. The number of hydrogen-bond donors (Lipinski definition) is 1. The number of carbonyl (C=O) groups excluding carboxylic acids is 1. The van der Waals surface area contributed by atoms with E-state index >= 15 is 0 Å². The van der Waals surface area contributed by atoms with Gasteiger partial charge in [0.05, 0.1) is 6.10 Å². The molecule has 2 rings (SSSR count). The van der Waals surface area contributed by atoms with Crippen LogP contribution in [0.2, 0.25) is 0 Å². The molecule has 4 heteroatoms. The molecule has 1 N–H and O–H groups in total. The molecular formula is C12H22N2O2. The highest BCUT2D eigenvalue weighted by Crippen LogP contribution is 2.24. The second-order valence-corrected chi connectivity index (χ2v) is 4.97.